The first kappa shape index (κ1) is 13.7. The molecule has 0 fully saturated rings. The van der Waals surface area contributed by atoms with Crippen molar-refractivity contribution < 1.29 is 9.53 Å². The van der Waals surface area contributed by atoms with Gasteiger partial charge >= 0.3 is 5.97 Å². The number of esters is 1. The van der Waals surface area contributed by atoms with E-state index in [9.17, 15) is 4.79 Å². The quantitative estimate of drug-likeness (QED) is 0.673. The van der Waals surface area contributed by atoms with E-state index >= 15 is 0 Å². The van der Waals surface area contributed by atoms with Gasteiger partial charge in [-0.25, -0.2) is 9.97 Å². The molecule has 0 amide bonds. The number of nitrogens with one attached hydrogen (secondary N) is 1. The molecule has 2 rings (SSSR count). The summed E-state index contributed by atoms with van der Waals surface area (Å²) in [6, 6.07) is 0. The summed E-state index contributed by atoms with van der Waals surface area (Å²) < 4.78 is 4.60. The first-order valence-electron chi connectivity index (χ1n) is 6.15. The van der Waals surface area contributed by atoms with Crippen LogP contribution in [0.2, 0.25) is 0 Å². The van der Waals surface area contributed by atoms with Gasteiger partial charge in [0.2, 0.25) is 0 Å². The van der Waals surface area contributed by atoms with E-state index in [2.05, 4.69) is 33.9 Å². The Balaban J connectivity index is 2.06. The molecule has 2 heterocycles. The predicted molar refractivity (Wildman–Crippen MR) is 76.6 cm³/mol. The Morgan fingerprint density at radius 3 is 2.95 bits per heavy atom. The number of ether oxygens (including phenoxy) is 1. The highest BCUT2D eigenvalue weighted by molar-refractivity contribution is 7.18. The van der Waals surface area contributed by atoms with Crippen LogP contribution in [0.5, 0.6) is 0 Å². The molecule has 0 aliphatic rings. The van der Waals surface area contributed by atoms with E-state index in [4.69, 9.17) is 0 Å². The van der Waals surface area contributed by atoms with Crippen LogP contribution in [0, 0.1) is 13.8 Å². The maximum absolute atomic E-state index is 11.0. The summed E-state index contributed by atoms with van der Waals surface area (Å²) >= 11 is 1.68. The van der Waals surface area contributed by atoms with Gasteiger partial charge in [0.15, 0.2) is 0 Å². The molecular formula is C13H17N3O2S. The van der Waals surface area contributed by atoms with Gasteiger partial charge in [0.1, 0.15) is 17.0 Å². The zero-order chi connectivity index (χ0) is 13.8. The third kappa shape index (κ3) is 3.01. The maximum Gasteiger partial charge on any atom is 0.305 e. The monoisotopic (exact) mass is 279 g/mol. The number of nitrogens with zero attached hydrogens (tertiary/aromatic N) is 2. The molecule has 2 aromatic heterocycles. The van der Waals surface area contributed by atoms with Gasteiger partial charge < -0.3 is 10.1 Å². The number of hydrogen-bond donors (Lipinski definition) is 1. The molecule has 19 heavy (non-hydrogen) atoms. The van der Waals surface area contributed by atoms with Crippen molar-refractivity contribution in [2.24, 2.45) is 0 Å². The number of methoxy groups -OCH3 is 1. The molecular weight excluding hydrogens is 262 g/mol. The number of carbonyl (C=O) groups excluding carboxylic acids is 1. The predicted octanol–water partition coefficient (Wildman–Crippen LogP) is 2.67. The number of fused-ring (bicyclic) bond motifs is 1. The zero-order valence-electron chi connectivity index (χ0n) is 11.3. The average Bonchev–Trinajstić information content (AvgIpc) is 2.70. The van der Waals surface area contributed by atoms with E-state index in [0.717, 1.165) is 22.5 Å². The molecule has 0 saturated heterocycles. The van der Waals surface area contributed by atoms with E-state index in [1.54, 1.807) is 17.7 Å². The van der Waals surface area contributed by atoms with Crippen LogP contribution in [0.25, 0.3) is 10.2 Å². The van der Waals surface area contributed by atoms with Crippen molar-refractivity contribution in [3.05, 3.63) is 16.8 Å². The molecule has 6 heteroatoms. The van der Waals surface area contributed by atoms with E-state index in [0.29, 0.717) is 13.0 Å². The molecule has 102 valence electrons. The maximum atomic E-state index is 11.0. The summed E-state index contributed by atoms with van der Waals surface area (Å²) in [6.07, 6.45) is 2.71. The molecule has 0 aliphatic carbocycles. The third-order valence-corrected chi connectivity index (χ3v) is 4.16. The van der Waals surface area contributed by atoms with Crippen molar-refractivity contribution in [3.8, 4) is 0 Å². The van der Waals surface area contributed by atoms with E-state index in [-0.39, 0.29) is 5.97 Å². The lowest BCUT2D eigenvalue weighted by molar-refractivity contribution is -0.140. The Labute approximate surface area is 116 Å². The number of anilines is 1. The van der Waals surface area contributed by atoms with Gasteiger partial charge in [0.05, 0.1) is 12.5 Å². The Morgan fingerprint density at radius 1 is 1.42 bits per heavy atom. The number of aryl methyl sites for hydroxylation is 2. The summed E-state index contributed by atoms with van der Waals surface area (Å²) in [7, 11) is 1.40. The first-order valence-corrected chi connectivity index (χ1v) is 6.96. The van der Waals surface area contributed by atoms with Gasteiger partial charge in [-0.3, -0.25) is 4.79 Å². The lowest BCUT2D eigenvalue weighted by Gasteiger charge is -2.06. The summed E-state index contributed by atoms with van der Waals surface area (Å²) in [4.78, 5) is 21.8. The number of rotatable bonds is 5. The topological polar surface area (TPSA) is 64.1 Å². The van der Waals surface area contributed by atoms with Crippen LogP contribution < -0.4 is 5.32 Å². The van der Waals surface area contributed by atoms with E-state index in [1.807, 2.05) is 0 Å². The van der Waals surface area contributed by atoms with Crippen molar-refractivity contribution in [1.29, 1.82) is 0 Å². The molecule has 1 N–H and O–H groups in total. The van der Waals surface area contributed by atoms with Crippen LogP contribution >= 0.6 is 11.3 Å². The van der Waals surface area contributed by atoms with Crippen molar-refractivity contribution in [3.63, 3.8) is 0 Å². The normalized spacial score (nSPS) is 10.7. The zero-order valence-corrected chi connectivity index (χ0v) is 12.1. The highest BCUT2D eigenvalue weighted by atomic mass is 32.1. The fourth-order valence-corrected chi connectivity index (χ4v) is 2.85. The Morgan fingerprint density at radius 2 is 2.21 bits per heavy atom. The van der Waals surface area contributed by atoms with Crippen LogP contribution in [0.15, 0.2) is 6.33 Å². The molecule has 0 unspecified atom stereocenters. The fourth-order valence-electron chi connectivity index (χ4n) is 1.86. The molecule has 0 aliphatic heterocycles. The first-order chi connectivity index (χ1) is 9.13. The molecule has 0 spiro atoms. The molecule has 0 atom stereocenters. The highest BCUT2D eigenvalue weighted by Gasteiger charge is 2.11. The van der Waals surface area contributed by atoms with Crippen molar-refractivity contribution in [2.75, 3.05) is 19.0 Å². The van der Waals surface area contributed by atoms with Gasteiger partial charge in [-0.15, -0.1) is 11.3 Å². The summed E-state index contributed by atoms with van der Waals surface area (Å²) in [5.41, 5.74) is 1.22. The minimum absolute atomic E-state index is 0.183. The summed E-state index contributed by atoms with van der Waals surface area (Å²) in [5.74, 6) is 0.661. The molecule has 0 saturated carbocycles. The molecule has 0 radical (unpaired) electrons. The minimum Gasteiger partial charge on any atom is -0.469 e. The largest absolute Gasteiger partial charge is 0.469 e. The average molecular weight is 279 g/mol. The van der Waals surface area contributed by atoms with Crippen molar-refractivity contribution in [2.45, 2.75) is 26.7 Å². The van der Waals surface area contributed by atoms with Crippen LogP contribution in [-0.2, 0) is 9.53 Å². The van der Waals surface area contributed by atoms with Crippen LogP contribution in [0.4, 0.5) is 5.82 Å². The summed E-state index contributed by atoms with van der Waals surface area (Å²) in [6.45, 7) is 4.86. The fraction of sp³-hybridized carbons (Fsp3) is 0.462. The Kier molecular flexibility index (Phi) is 4.31. The van der Waals surface area contributed by atoms with Crippen LogP contribution in [-0.4, -0.2) is 29.6 Å². The number of aromatic nitrogens is 2. The smallest absolute Gasteiger partial charge is 0.305 e. The van der Waals surface area contributed by atoms with Gasteiger partial charge in [0.25, 0.3) is 0 Å². The Bertz CT molecular complexity index is 595. The lowest BCUT2D eigenvalue weighted by atomic mass is 10.2. The lowest BCUT2D eigenvalue weighted by Crippen LogP contribution is -2.08. The summed E-state index contributed by atoms with van der Waals surface area (Å²) in [5, 5.41) is 4.36. The minimum atomic E-state index is -0.183. The SMILES string of the molecule is COC(=O)CCCNc1ncnc2sc(C)c(C)c12. The van der Waals surface area contributed by atoms with E-state index in [1.165, 1.54) is 17.6 Å². The molecule has 2 aromatic rings. The molecule has 0 bridgehead atoms. The molecule has 0 aromatic carbocycles. The third-order valence-electron chi connectivity index (χ3n) is 3.04. The highest BCUT2D eigenvalue weighted by Crippen LogP contribution is 2.32. The van der Waals surface area contributed by atoms with Gasteiger partial charge in [0, 0.05) is 17.8 Å². The molecule has 5 nitrogen and oxygen atoms in total. The van der Waals surface area contributed by atoms with Crippen LogP contribution in [0.1, 0.15) is 23.3 Å². The van der Waals surface area contributed by atoms with Gasteiger partial charge in [-0.1, -0.05) is 0 Å². The van der Waals surface area contributed by atoms with Gasteiger partial charge in [-0.05, 0) is 25.8 Å². The second kappa shape index (κ2) is 5.97. The Hall–Kier alpha value is -1.69. The second-order valence-corrected chi connectivity index (χ2v) is 5.50. The number of thiophene rings is 1. The van der Waals surface area contributed by atoms with Gasteiger partial charge in [-0.2, -0.15) is 0 Å². The number of carbonyl (C=O) groups is 1. The van der Waals surface area contributed by atoms with E-state index < -0.39 is 0 Å². The van der Waals surface area contributed by atoms with Crippen molar-refractivity contribution in [1.82, 2.24) is 9.97 Å². The van der Waals surface area contributed by atoms with Crippen LogP contribution in [0.3, 0.4) is 0 Å². The standard InChI is InChI=1S/C13H17N3O2S/c1-8-9(2)19-13-11(8)12(15-7-16-13)14-6-4-5-10(17)18-3/h7H,4-6H2,1-3H3,(H,14,15,16). The second-order valence-electron chi connectivity index (χ2n) is 4.29. The number of hydrogen-bond acceptors (Lipinski definition) is 6. The van der Waals surface area contributed by atoms with Crippen molar-refractivity contribution >= 4 is 33.3 Å².